The average Bonchev–Trinajstić information content (AvgIpc) is 2.79. The van der Waals surface area contributed by atoms with E-state index >= 15 is 0 Å². The van der Waals surface area contributed by atoms with Crippen LogP contribution in [0.4, 0.5) is 0 Å². The number of fused-ring (bicyclic) bond motifs is 1. The molecule has 3 rings (SSSR count). The lowest BCUT2D eigenvalue weighted by Crippen LogP contribution is -2.38. The van der Waals surface area contributed by atoms with Crippen molar-refractivity contribution in [2.24, 2.45) is 0 Å². The molecule has 0 saturated heterocycles. The highest BCUT2D eigenvalue weighted by atomic mass is 35.5. The first kappa shape index (κ1) is 16.5. The number of hydrogen-bond acceptors (Lipinski definition) is 3. The molecule has 5 nitrogen and oxygen atoms in total. The van der Waals surface area contributed by atoms with Crippen molar-refractivity contribution >= 4 is 40.9 Å². The van der Waals surface area contributed by atoms with Crippen LogP contribution in [0.25, 0.3) is 0 Å². The zero-order valence-corrected chi connectivity index (χ0v) is 13.9. The Morgan fingerprint density at radius 3 is 2.46 bits per heavy atom. The van der Waals surface area contributed by atoms with Crippen molar-refractivity contribution < 1.29 is 14.4 Å². The normalized spacial score (nSPS) is 13.2. The van der Waals surface area contributed by atoms with Gasteiger partial charge in [-0.3, -0.25) is 19.3 Å². The summed E-state index contributed by atoms with van der Waals surface area (Å²) in [5, 5.41) is 3.38. The molecular weight excluding hydrogens is 351 g/mol. The van der Waals surface area contributed by atoms with Crippen LogP contribution in [0.3, 0.4) is 0 Å². The Kier molecular flexibility index (Phi) is 4.55. The third kappa shape index (κ3) is 3.00. The van der Waals surface area contributed by atoms with E-state index in [9.17, 15) is 14.4 Å². The predicted molar refractivity (Wildman–Crippen MR) is 90.6 cm³/mol. The van der Waals surface area contributed by atoms with Gasteiger partial charge < -0.3 is 5.32 Å². The summed E-state index contributed by atoms with van der Waals surface area (Å²) in [6, 6.07) is 11.2. The molecule has 0 unspecified atom stereocenters. The van der Waals surface area contributed by atoms with E-state index in [1.54, 1.807) is 30.3 Å². The first-order chi connectivity index (χ1) is 11.5. The first-order valence-corrected chi connectivity index (χ1v) is 7.93. The van der Waals surface area contributed by atoms with E-state index in [1.807, 2.05) is 0 Å². The quantitative estimate of drug-likeness (QED) is 0.850. The minimum atomic E-state index is -0.413. The van der Waals surface area contributed by atoms with Gasteiger partial charge in [-0.15, -0.1) is 0 Å². The number of halogens is 2. The van der Waals surface area contributed by atoms with Crippen molar-refractivity contribution in [3.8, 4) is 0 Å². The molecule has 0 atom stereocenters. The summed E-state index contributed by atoms with van der Waals surface area (Å²) in [6.07, 6.45) is 0. The number of hydrogen-bond donors (Lipinski definition) is 1. The molecule has 0 aliphatic carbocycles. The molecule has 1 heterocycles. The molecule has 0 radical (unpaired) electrons. The summed E-state index contributed by atoms with van der Waals surface area (Å²) in [6.45, 7) is 0.198. The van der Waals surface area contributed by atoms with Gasteiger partial charge in [0.1, 0.15) is 0 Å². The van der Waals surface area contributed by atoms with Gasteiger partial charge in [0.2, 0.25) is 0 Å². The smallest absolute Gasteiger partial charge is 0.261 e. The van der Waals surface area contributed by atoms with E-state index in [1.165, 1.54) is 12.1 Å². The third-order valence-corrected chi connectivity index (χ3v) is 4.24. The van der Waals surface area contributed by atoms with Crippen LogP contribution in [0.2, 0.25) is 10.0 Å². The standard InChI is InChI=1S/C17H12Cl2N2O3/c18-10-5-6-11-13(9-10)17(24)21(16(11)23)8-7-20-15(22)12-3-1-2-4-14(12)19/h1-6,9H,7-8H2,(H,20,22). The monoisotopic (exact) mass is 362 g/mol. The van der Waals surface area contributed by atoms with Gasteiger partial charge in [-0.25, -0.2) is 0 Å². The molecule has 2 aromatic rings. The number of carbonyl (C=O) groups is 3. The second kappa shape index (κ2) is 6.63. The van der Waals surface area contributed by atoms with Crippen molar-refractivity contribution in [3.05, 3.63) is 69.2 Å². The molecule has 24 heavy (non-hydrogen) atoms. The van der Waals surface area contributed by atoms with Crippen molar-refractivity contribution in [1.82, 2.24) is 10.2 Å². The number of amides is 3. The molecule has 0 fully saturated rings. The van der Waals surface area contributed by atoms with Crippen molar-refractivity contribution in [2.75, 3.05) is 13.1 Å². The van der Waals surface area contributed by atoms with Crippen LogP contribution in [0.5, 0.6) is 0 Å². The molecule has 1 N–H and O–H groups in total. The van der Waals surface area contributed by atoms with E-state index in [0.29, 0.717) is 21.2 Å². The molecular formula is C17H12Cl2N2O3. The van der Waals surface area contributed by atoms with Gasteiger partial charge in [0, 0.05) is 18.1 Å². The van der Waals surface area contributed by atoms with Crippen molar-refractivity contribution in [2.45, 2.75) is 0 Å². The van der Waals surface area contributed by atoms with Crippen LogP contribution < -0.4 is 5.32 Å². The van der Waals surface area contributed by atoms with Gasteiger partial charge >= 0.3 is 0 Å². The number of carbonyl (C=O) groups excluding carboxylic acids is 3. The second-order valence-electron chi connectivity index (χ2n) is 5.19. The lowest BCUT2D eigenvalue weighted by atomic mass is 10.1. The van der Waals surface area contributed by atoms with Crippen LogP contribution in [0, 0.1) is 0 Å². The van der Waals surface area contributed by atoms with Crippen LogP contribution >= 0.6 is 23.2 Å². The van der Waals surface area contributed by atoms with E-state index < -0.39 is 11.8 Å². The largest absolute Gasteiger partial charge is 0.350 e. The second-order valence-corrected chi connectivity index (χ2v) is 6.03. The van der Waals surface area contributed by atoms with E-state index in [2.05, 4.69) is 5.32 Å². The number of imide groups is 1. The van der Waals surface area contributed by atoms with E-state index in [-0.39, 0.29) is 24.6 Å². The van der Waals surface area contributed by atoms with Crippen molar-refractivity contribution in [3.63, 3.8) is 0 Å². The Morgan fingerprint density at radius 2 is 1.71 bits per heavy atom. The summed E-state index contributed by atoms with van der Waals surface area (Å²) in [4.78, 5) is 37.7. The summed E-state index contributed by atoms with van der Waals surface area (Å²) in [5.74, 6) is -1.16. The Hall–Kier alpha value is -2.37. The number of benzene rings is 2. The highest BCUT2D eigenvalue weighted by molar-refractivity contribution is 6.34. The zero-order valence-electron chi connectivity index (χ0n) is 12.4. The van der Waals surface area contributed by atoms with Crippen LogP contribution in [0.15, 0.2) is 42.5 Å². The molecule has 0 spiro atoms. The van der Waals surface area contributed by atoms with Gasteiger partial charge in [0.15, 0.2) is 0 Å². The van der Waals surface area contributed by atoms with Crippen LogP contribution in [0.1, 0.15) is 31.1 Å². The summed E-state index contributed by atoms with van der Waals surface area (Å²) in [7, 11) is 0. The molecule has 0 aromatic heterocycles. The topological polar surface area (TPSA) is 66.5 Å². The summed E-state index contributed by atoms with van der Waals surface area (Å²) in [5.41, 5.74) is 0.945. The first-order valence-electron chi connectivity index (χ1n) is 7.17. The Balaban J connectivity index is 1.64. The number of nitrogens with zero attached hydrogens (tertiary/aromatic N) is 1. The lowest BCUT2D eigenvalue weighted by molar-refractivity contribution is 0.0650. The molecule has 7 heteroatoms. The highest BCUT2D eigenvalue weighted by Crippen LogP contribution is 2.25. The Bertz CT molecular complexity index is 851. The number of nitrogens with one attached hydrogen (secondary N) is 1. The maximum absolute atomic E-state index is 12.3. The van der Waals surface area contributed by atoms with Crippen LogP contribution in [-0.2, 0) is 0 Å². The van der Waals surface area contributed by atoms with Crippen LogP contribution in [-0.4, -0.2) is 35.7 Å². The number of rotatable bonds is 4. The fourth-order valence-electron chi connectivity index (χ4n) is 2.49. The lowest BCUT2D eigenvalue weighted by Gasteiger charge is -2.14. The van der Waals surface area contributed by atoms with Gasteiger partial charge in [-0.05, 0) is 30.3 Å². The maximum Gasteiger partial charge on any atom is 0.261 e. The van der Waals surface area contributed by atoms with Gasteiger partial charge in [-0.2, -0.15) is 0 Å². The SMILES string of the molecule is O=C(NCCN1C(=O)c2ccc(Cl)cc2C1=O)c1ccccc1Cl. The van der Waals surface area contributed by atoms with Gasteiger partial charge in [0.05, 0.1) is 21.7 Å². The molecule has 0 saturated carbocycles. The highest BCUT2D eigenvalue weighted by Gasteiger charge is 2.35. The maximum atomic E-state index is 12.3. The van der Waals surface area contributed by atoms with Gasteiger partial charge in [0.25, 0.3) is 17.7 Å². The summed E-state index contributed by atoms with van der Waals surface area (Å²) < 4.78 is 0. The Morgan fingerprint density at radius 1 is 1.00 bits per heavy atom. The predicted octanol–water partition coefficient (Wildman–Crippen LogP) is 3.02. The molecule has 0 bridgehead atoms. The molecule has 1 aliphatic heterocycles. The van der Waals surface area contributed by atoms with Gasteiger partial charge in [-0.1, -0.05) is 35.3 Å². The third-order valence-electron chi connectivity index (χ3n) is 3.67. The fraction of sp³-hybridized carbons (Fsp3) is 0.118. The average molecular weight is 363 g/mol. The minimum absolute atomic E-state index is 0.0696. The minimum Gasteiger partial charge on any atom is -0.350 e. The summed E-state index contributed by atoms with van der Waals surface area (Å²) >= 11 is 11.8. The fourth-order valence-corrected chi connectivity index (χ4v) is 2.88. The van der Waals surface area contributed by atoms with E-state index in [4.69, 9.17) is 23.2 Å². The van der Waals surface area contributed by atoms with E-state index in [0.717, 1.165) is 4.90 Å². The Labute approximate surface area is 148 Å². The molecule has 1 aliphatic rings. The van der Waals surface area contributed by atoms with Crippen molar-refractivity contribution in [1.29, 1.82) is 0 Å². The molecule has 122 valence electrons. The zero-order chi connectivity index (χ0) is 17.3. The molecule has 2 aromatic carbocycles. The molecule has 3 amide bonds.